The van der Waals surface area contributed by atoms with E-state index in [-0.39, 0.29) is 5.75 Å². The molecule has 1 atom stereocenters. The number of para-hydroxylation sites is 1. The second-order valence-corrected chi connectivity index (χ2v) is 6.26. The monoisotopic (exact) mass is 310 g/mol. The topological polar surface area (TPSA) is 35.5 Å². The van der Waals surface area contributed by atoms with Gasteiger partial charge in [0.25, 0.3) is 0 Å². The third-order valence-electron chi connectivity index (χ3n) is 3.22. The molecule has 3 nitrogen and oxygen atoms in total. The van der Waals surface area contributed by atoms with Gasteiger partial charge in [0.05, 0.1) is 11.1 Å². The van der Waals surface area contributed by atoms with Crippen LogP contribution in [0.4, 0.5) is 0 Å². The van der Waals surface area contributed by atoms with Gasteiger partial charge in [-0.25, -0.2) is 0 Å². The first kappa shape index (κ1) is 15.3. The van der Waals surface area contributed by atoms with Crippen molar-refractivity contribution >= 4 is 22.9 Å². The fraction of sp³-hybridized carbons (Fsp3) is 0.333. The molecular weight excluding hydrogens is 292 g/mol. The molecule has 1 aromatic carbocycles. The Morgan fingerprint density at radius 3 is 2.75 bits per heavy atom. The van der Waals surface area contributed by atoms with Crippen molar-refractivity contribution in [2.24, 2.45) is 0 Å². The van der Waals surface area contributed by atoms with E-state index in [2.05, 4.69) is 41.8 Å². The number of halogens is 1. The molecule has 2 aromatic rings. The number of benzene rings is 1. The Balaban J connectivity index is 1.96. The summed E-state index contributed by atoms with van der Waals surface area (Å²) >= 11 is 7.66. The third-order valence-corrected chi connectivity index (χ3v) is 4.50. The van der Waals surface area contributed by atoms with Gasteiger partial charge in [-0.2, -0.15) is 0 Å². The summed E-state index contributed by atoms with van der Waals surface area (Å²) < 4.78 is 0. The molecule has 0 saturated heterocycles. The first-order valence-corrected chi connectivity index (χ1v) is 7.72. The van der Waals surface area contributed by atoms with Gasteiger partial charge in [-0.15, -0.1) is 11.3 Å². The number of hydrogen-bond donors (Lipinski definition) is 2. The number of nitrogens with one attached hydrogen (secondary N) is 1. The standard InChI is InChI=1S/C15H19ClN2OS/c1-18(2)13(14-7-4-8-20-14)10-17-9-11-5-3-6-12(16)15(11)19/h3-8,13,17,19H,9-10H2,1-2H3. The van der Waals surface area contributed by atoms with Crippen LogP contribution in [0.5, 0.6) is 5.75 Å². The van der Waals surface area contributed by atoms with Crippen LogP contribution >= 0.6 is 22.9 Å². The van der Waals surface area contributed by atoms with Crippen molar-refractivity contribution in [2.45, 2.75) is 12.6 Å². The smallest absolute Gasteiger partial charge is 0.138 e. The Kier molecular flexibility index (Phi) is 5.43. The molecule has 0 spiro atoms. The lowest BCUT2D eigenvalue weighted by Gasteiger charge is -2.23. The minimum atomic E-state index is 0.166. The zero-order valence-corrected chi connectivity index (χ0v) is 13.2. The molecule has 0 bridgehead atoms. The van der Waals surface area contributed by atoms with Gasteiger partial charge in [0.1, 0.15) is 5.75 Å². The number of nitrogens with zero attached hydrogens (tertiary/aromatic N) is 1. The van der Waals surface area contributed by atoms with Crippen molar-refractivity contribution < 1.29 is 5.11 Å². The minimum Gasteiger partial charge on any atom is -0.506 e. The van der Waals surface area contributed by atoms with Gasteiger partial charge in [0, 0.05) is 23.5 Å². The normalized spacial score (nSPS) is 12.8. The fourth-order valence-electron chi connectivity index (χ4n) is 2.06. The van der Waals surface area contributed by atoms with Crippen LogP contribution in [0.15, 0.2) is 35.7 Å². The number of aromatic hydroxyl groups is 1. The maximum absolute atomic E-state index is 9.88. The van der Waals surface area contributed by atoms with E-state index in [0.29, 0.717) is 17.6 Å². The van der Waals surface area contributed by atoms with E-state index in [1.807, 2.05) is 12.1 Å². The molecule has 20 heavy (non-hydrogen) atoms. The average molecular weight is 311 g/mol. The summed E-state index contributed by atoms with van der Waals surface area (Å²) in [5.74, 6) is 0.166. The first-order chi connectivity index (χ1) is 9.59. The van der Waals surface area contributed by atoms with E-state index in [9.17, 15) is 5.11 Å². The van der Waals surface area contributed by atoms with Crippen LogP contribution in [-0.4, -0.2) is 30.6 Å². The van der Waals surface area contributed by atoms with Crippen molar-refractivity contribution in [1.29, 1.82) is 0 Å². The summed E-state index contributed by atoms with van der Waals surface area (Å²) in [4.78, 5) is 3.52. The van der Waals surface area contributed by atoms with Gasteiger partial charge in [0.15, 0.2) is 0 Å². The van der Waals surface area contributed by atoms with Crippen LogP contribution in [0.2, 0.25) is 5.02 Å². The van der Waals surface area contributed by atoms with Crippen molar-refractivity contribution in [1.82, 2.24) is 10.2 Å². The number of phenolic OH excluding ortho intramolecular Hbond substituents is 1. The van der Waals surface area contributed by atoms with Crippen molar-refractivity contribution in [2.75, 3.05) is 20.6 Å². The summed E-state index contributed by atoms with van der Waals surface area (Å²) in [6, 6.07) is 9.96. The van der Waals surface area contributed by atoms with Gasteiger partial charge in [-0.3, -0.25) is 0 Å². The summed E-state index contributed by atoms with van der Waals surface area (Å²) in [7, 11) is 4.14. The highest BCUT2D eigenvalue weighted by atomic mass is 35.5. The Morgan fingerprint density at radius 2 is 2.10 bits per heavy atom. The zero-order chi connectivity index (χ0) is 14.5. The lowest BCUT2D eigenvalue weighted by molar-refractivity contribution is 0.292. The molecule has 1 aromatic heterocycles. The van der Waals surface area contributed by atoms with Crippen LogP contribution in [0.3, 0.4) is 0 Å². The van der Waals surface area contributed by atoms with Crippen LogP contribution in [0.1, 0.15) is 16.5 Å². The quantitative estimate of drug-likeness (QED) is 0.857. The predicted molar refractivity (Wildman–Crippen MR) is 85.6 cm³/mol. The first-order valence-electron chi connectivity index (χ1n) is 6.46. The third kappa shape index (κ3) is 3.73. The number of hydrogen-bond acceptors (Lipinski definition) is 4. The zero-order valence-electron chi connectivity index (χ0n) is 11.6. The van der Waals surface area contributed by atoms with Crippen LogP contribution in [-0.2, 0) is 6.54 Å². The van der Waals surface area contributed by atoms with Crippen LogP contribution in [0, 0.1) is 0 Å². The summed E-state index contributed by atoms with van der Waals surface area (Å²) in [5.41, 5.74) is 0.821. The summed E-state index contributed by atoms with van der Waals surface area (Å²) in [6.45, 7) is 1.42. The SMILES string of the molecule is CN(C)C(CNCc1cccc(Cl)c1O)c1cccs1. The van der Waals surface area contributed by atoms with Crippen LogP contribution in [0.25, 0.3) is 0 Å². The summed E-state index contributed by atoms with van der Waals surface area (Å²) in [6.07, 6.45) is 0. The van der Waals surface area contributed by atoms with E-state index in [0.717, 1.165) is 12.1 Å². The lowest BCUT2D eigenvalue weighted by atomic mass is 10.2. The molecule has 1 unspecified atom stereocenters. The number of thiophene rings is 1. The molecule has 0 aliphatic carbocycles. The van der Waals surface area contributed by atoms with Gasteiger partial charge in [-0.05, 0) is 31.6 Å². The van der Waals surface area contributed by atoms with Crippen LogP contribution < -0.4 is 5.32 Å². The Labute approximate surface area is 128 Å². The Morgan fingerprint density at radius 1 is 1.30 bits per heavy atom. The van der Waals surface area contributed by atoms with E-state index >= 15 is 0 Å². The summed E-state index contributed by atoms with van der Waals surface area (Å²) in [5, 5.41) is 15.7. The molecule has 0 aliphatic heterocycles. The highest BCUT2D eigenvalue weighted by Gasteiger charge is 2.15. The largest absolute Gasteiger partial charge is 0.506 e. The second-order valence-electron chi connectivity index (χ2n) is 4.87. The predicted octanol–water partition coefficient (Wildman–Crippen LogP) is 3.50. The molecule has 0 amide bonds. The van der Waals surface area contributed by atoms with Gasteiger partial charge < -0.3 is 15.3 Å². The van der Waals surface area contributed by atoms with E-state index < -0.39 is 0 Å². The number of phenols is 1. The van der Waals surface area contributed by atoms with Gasteiger partial charge >= 0.3 is 0 Å². The Bertz CT molecular complexity index is 543. The lowest BCUT2D eigenvalue weighted by Crippen LogP contribution is -2.30. The van der Waals surface area contributed by atoms with E-state index in [1.54, 1.807) is 17.4 Å². The minimum absolute atomic E-state index is 0.166. The van der Waals surface area contributed by atoms with Crippen molar-refractivity contribution in [3.63, 3.8) is 0 Å². The fourth-order valence-corrected chi connectivity index (χ4v) is 3.18. The molecule has 0 aliphatic rings. The second kappa shape index (κ2) is 7.09. The highest BCUT2D eigenvalue weighted by Crippen LogP contribution is 2.27. The molecule has 2 rings (SSSR count). The molecule has 5 heteroatoms. The van der Waals surface area contributed by atoms with Gasteiger partial charge in [-0.1, -0.05) is 29.8 Å². The maximum Gasteiger partial charge on any atom is 0.138 e. The average Bonchev–Trinajstić information content (AvgIpc) is 2.92. The number of rotatable bonds is 6. The van der Waals surface area contributed by atoms with Crippen molar-refractivity contribution in [3.05, 3.63) is 51.2 Å². The molecule has 0 fully saturated rings. The molecule has 0 saturated carbocycles. The highest BCUT2D eigenvalue weighted by molar-refractivity contribution is 7.10. The van der Waals surface area contributed by atoms with Gasteiger partial charge in [0.2, 0.25) is 0 Å². The molecule has 0 radical (unpaired) electrons. The maximum atomic E-state index is 9.88. The Hall–Kier alpha value is -1.07. The molecular formula is C15H19ClN2OS. The number of likely N-dealkylation sites (N-methyl/N-ethyl adjacent to an activating group) is 1. The molecule has 1 heterocycles. The van der Waals surface area contributed by atoms with E-state index in [1.165, 1.54) is 4.88 Å². The van der Waals surface area contributed by atoms with Crippen molar-refractivity contribution in [3.8, 4) is 5.75 Å². The van der Waals surface area contributed by atoms with E-state index in [4.69, 9.17) is 11.6 Å². The molecule has 108 valence electrons. The molecule has 2 N–H and O–H groups in total.